The van der Waals surface area contributed by atoms with Crippen molar-refractivity contribution in [2.24, 2.45) is 28.6 Å². The minimum absolute atomic E-state index is 0.0871. The van der Waals surface area contributed by atoms with Crippen molar-refractivity contribution in [2.45, 2.75) is 105 Å². The van der Waals surface area contributed by atoms with Gasteiger partial charge in [0.05, 0.1) is 6.04 Å². The van der Waals surface area contributed by atoms with E-state index in [1.54, 1.807) is 4.90 Å². The maximum absolute atomic E-state index is 14.0. The summed E-state index contributed by atoms with van der Waals surface area (Å²) in [4.78, 5) is 67.3. The Kier molecular flexibility index (Phi) is 9.73. The molecule has 3 aliphatic rings. The molecule has 2 saturated carbocycles. The van der Waals surface area contributed by atoms with Gasteiger partial charge in [0.1, 0.15) is 18.2 Å². The maximum Gasteiger partial charge on any atom is 0.408 e. The SMILES string of the molecule is C=CCNC(=O)C(=O)C(CCC)NC(=O)[C@@H]1[C@@H]2C(CN1C(=O)[C@@H](NC(=O)OC1CCC(C)C1)C(C)(C)C)C2(C)C. The molecule has 0 spiro atoms. The Morgan fingerprint density at radius 1 is 1.12 bits per heavy atom. The molecule has 1 aliphatic heterocycles. The van der Waals surface area contributed by atoms with E-state index in [0.29, 0.717) is 25.3 Å². The molecule has 40 heavy (non-hydrogen) atoms. The van der Waals surface area contributed by atoms with Crippen LogP contribution in [0.5, 0.6) is 0 Å². The Morgan fingerprint density at radius 3 is 2.35 bits per heavy atom. The summed E-state index contributed by atoms with van der Waals surface area (Å²) in [5.41, 5.74) is -0.792. The molecule has 0 bridgehead atoms. The van der Waals surface area contributed by atoms with E-state index < -0.39 is 47.2 Å². The number of rotatable bonds is 11. The number of ether oxygens (including phenoxy) is 1. The maximum atomic E-state index is 14.0. The first-order chi connectivity index (χ1) is 18.6. The van der Waals surface area contributed by atoms with E-state index in [2.05, 4.69) is 43.3 Å². The normalized spacial score (nSPS) is 28.1. The molecule has 2 aliphatic carbocycles. The molecule has 4 unspecified atom stereocenters. The minimum atomic E-state index is -1.000. The van der Waals surface area contributed by atoms with Gasteiger partial charge < -0.3 is 25.6 Å². The van der Waals surface area contributed by atoms with Crippen molar-refractivity contribution in [1.82, 2.24) is 20.9 Å². The lowest BCUT2D eigenvalue weighted by Gasteiger charge is -2.37. The van der Waals surface area contributed by atoms with E-state index >= 15 is 0 Å². The van der Waals surface area contributed by atoms with E-state index in [9.17, 15) is 24.0 Å². The zero-order valence-corrected chi connectivity index (χ0v) is 25.2. The van der Waals surface area contributed by atoms with Crippen molar-refractivity contribution < 1.29 is 28.7 Å². The second-order valence-electron chi connectivity index (χ2n) is 13.5. The number of nitrogens with zero attached hydrogens (tertiary/aromatic N) is 1. The number of amides is 4. The first-order valence-electron chi connectivity index (χ1n) is 14.6. The quantitative estimate of drug-likeness (QED) is 0.263. The van der Waals surface area contributed by atoms with Crippen LogP contribution in [0.1, 0.15) is 80.6 Å². The van der Waals surface area contributed by atoms with E-state index in [0.717, 1.165) is 19.3 Å². The van der Waals surface area contributed by atoms with Crippen molar-refractivity contribution in [3.05, 3.63) is 12.7 Å². The fourth-order valence-corrected chi connectivity index (χ4v) is 6.42. The summed E-state index contributed by atoms with van der Waals surface area (Å²) in [6, 6.07) is -2.72. The molecule has 1 heterocycles. The van der Waals surface area contributed by atoms with E-state index in [1.165, 1.54) is 6.08 Å². The van der Waals surface area contributed by atoms with Crippen LogP contribution >= 0.6 is 0 Å². The average Bonchev–Trinajstić information content (AvgIpc) is 3.21. The van der Waals surface area contributed by atoms with Crippen LogP contribution in [0.3, 0.4) is 0 Å². The summed E-state index contributed by atoms with van der Waals surface area (Å²) < 4.78 is 5.63. The topological polar surface area (TPSA) is 134 Å². The Bertz CT molecular complexity index is 1020. The molecule has 7 atom stereocenters. The second-order valence-corrected chi connectivity index (χ2v) is 13.5. The monoisotopic (exact) mass is 560 g/mol. The van der Waals surface area contributed by atoms with Crippen LogP contribution in [-0.4, -0.2) is 71.8 Å². The third-order valence-corrected chi connectivity index (χ3v) is 8.90. The summed E-state index contributed by atoms with van der Waals surface area (Å²) in [6.07, 6.45) is 4.16. The van der Waals surface area contributed by atoms with Crippen LogP contribution < -0.4 is 16.0 Å². The number of Topliss-reactive ketones (excluding diaryl/α,β-unsaturated/α-hetero) is 1. The average molecular weight is 561 g/mol. The highest BCUT2D eigenvalue weighted by molar-refractivity contribution is 6.38. The van der Waals surface area contributed by atoms with Gasteiger partial charge in [0, 0.05) is 13.1 Å². The van der Waals surface area contributed by atoms with Crippen molar-refractivity contribution in [3.63, 3.8) is 0 Å². The van der Waals surface area contributed by atoms with Gasteiger partial charge in [0.25, 0.3) is 5.91 Å². The third kappa shape index (κ3) is 6.86. The summed E-state index contributed by atoms with van der Waals surface area (Å²) in [6.45, 7) is 17.8. The Hall–Kier alpha value is -2.91. The van der Waals surface area contributed by atoms with Crippen LogP contribution in [0.15, 0.2) is 12.7 Å². The van der Waals surface area contributed by atoms with Crippen molar-refractivity contribution in [1.29, 1.82) is 0 Å². The van der Waals surface area contributed by atoms with Gasteiger partial charge in [-0.25, -0.2) is 4.79 Å². The number of piperidine rings is 1. The number of likely N-dealkylation sites (tertiary alicyclic amines) is 1. The number of hydrogen-bond donors (Lipinski definition) is 3. The number of nitrogens with one attached hydrogen (secondary N) is 3. The van der Waals surface area contributed by atoms with Crippen LogP contribution in [0.25, 0.3) is 0 Å². The Labute approximate surface area is 238 Å². The van der Waals surface area contributed by atoms with Crippen LogP contribution in [-0.2, 0) is 23.9 Å². The largest absolute Gasteiger partial charge is 0.446 e. The Morgan fingerprint density at radius 2 is 1.80 bits per heavy atom. The summed E-state index contributed by atoms with van der Waals surface area (Å²) >= 11 is 0. The molecule has 3 rings (SSSR count). The zero-order valence-electron chi connectivity index (χ0n) is 25.2. The van der Waals surface area contributed by atoms with Gasteiger partial charge in [0.2, 0.25) is 17.6 Å². The second kappa shape index (κ2) is 12.3. The molecule has 0 radical (unpaired) electrons. The number of ketones is 1. The molecule has 0 aromatic rings. The van der Waals surface area contributed by atoms with E-state index in [1.807, 2.05) is 27.7 Å². The minimum Gasteiger partial charge on any atom is -0.446 e. The number of alkyl carbamates (subject to hydrolysis) is 1. The highest BCUT2D eigenvalue weighted by Gasteiger charge is 2.70. The van der Waals surface area contributed by atoms with Crippen LogP contribution in [0.4, 0.5) is 4.79 Å². The first-order valence-corrected chi connectivity index (χ1v) is 14.6. The highest BCUT2D eigenvalue weighted by atomic mass is 16.6. The highest BCUT2D eigenvalue weighted by Crippen LogP contribution is 2.65. The molecular formula is C30H48N4O6. The number of hydrogen-bond acceptors (Lipinski definition) is 6. The van der Waals surface area contributed by atoms with Gasteiger partial charge in [-0.05, 0) is 54.3 Å². The molecule has 10 heteroatoms. The van der Waals surface area contributed by atoms with Gasteiger partial charge in [-0.15, -0.1) is 6.58 Å². The molecule has 3 fully saturated rings. The molecule has 224 valence electrons. The molecule has 0 aromatic carbocycles. The van der Waals surface area contributed by atoms with E-state index in [-0.39, 0.29) is 35.8 Å². The predicted molar refractivity (Wildman–Crippen MR) is 151 cm³/mol. The Balaban J connectivity index is 1.78. The summed E-state index contributed by atoms with van der Waals surface area (Å²) in [7, 11) is 0. The van der Waals surface area contributed by atoms with Gasteiger partial charge in [-0.3, -0.25) is 19.2 Å². The van der Waals surface area contributed by atoms with Crippen molar-refractivity contribution in [2.75, 3.05) is 13.1 Å². The summed E-state index contributed by atoms with van der Waals surface area (Å²) in [5.74, 6) is -1.79. The number of fused-ring (bicyclic) bond motifs is 1. The van der Waals surface area contributed by atoms with E-state index in [4.69, 9.17) is 4.74 Å². The molecule has 10 nitrogen and oxygen atoms in total. The third-order valence-electron chi connectivity index (χ3n) is 8.90. The molecular weight excluding hydrogens is 512 g/mol. The van der Waals surface area contributed by atoms with Crippen LogP contribution in [0, 0.1) is 28.6 Å². The first kappa shape index (κ1) is 31.6. The predicted octanol–water partition coefficient (Wildman–Crippen LogP) is 2.96. The molecule has 4 amide bonds. The summed E-state index contributed by atoms with van der Waals surface area (Å²) in [5, 5.41) is 8.06. The van der Waals surface area contributed by atoms with Crippen molar-refractivity contribution >= 4 is 29.6 Å². The van der Waals surface area contributed by atoms with Gasteiger partial charge in [0.15, 0.2) is 0 Å². The smallest absolute Gasteiger partial charge is 0.408 e. The lowest BCUT2D eigenvalue weighted by molar-refractivity contribution is -0.145. The van der Waals surface area contributed by atoms with Gasteiger partial charge in [-0.1, -0.05) is 61.0 Å². The van der Waals surface area contributed by atoms with Crippen LogP contribution in [0.2, 0.25) is 0 Å². The van der Waals surface area contributed by atoms with Gasteiger partial charge >= 0.3 is 6.09 Å². The standard InChI is InChI=1S/C30H48N4O6/c1-9-11-20(23(35)26(37)31-14-10-2)32-25(36)22-21-19(30(21,7)8)16-34(22)27(38)24(29(4,5)6)33-28(39)40-18-13-12-17(3)15-18/h10,17-22,24H,2,9,11-16H2,1,3-8H3,(H,31,37)(H,32,36)(H,33,39)/t17?,18?,19?,20?,21-,22-,24+/m0/s1. The van der Waals surface area contributed by atoms with Gasteiger partial charge in [-0.2, -0.15) is 0 Å². The molecule has 0 aromatic heterocycles. The van der Waals surface area contributed by atoms with Crippen molar-refractivity contribution in [3.8, 4) is 0 Å². The fraction of sp³-hybridized carbons (Fsp3) is 0.767. The number of carbonyl (C=O) groups excluding carboxylic acids is 5. The molecule has 3 N–H and O–H groups in total. The lowest BCUT2D eigenvalue weighted by atomic mass is 9.85. The zero-order chi connectivity index (χ0) is 30.0. The molecule has 1 saturated heterocycles. The number of carbonyl (C=O) groups is 5. The lowest BCUT2D eigenvalue weighted by Crippen LogP contribution is -2.60. The fourth-order valence-electron chi connectivity index (χ4n) is 6.42.